The average Bonchev–Trinajstić information content (AvgIpc) is 3.26. The van der Waals surface area contributed by atoms with E-state index in [0.29, 0.717) is 6.42 Å². The molecule has 0 spiro atoms. The molecule has 0 bridgehead atoms. The highest BCUT2D eigenvalue weighted by Crippen LogP contribution is 2.32. The van der Waals surface area contributed by atoms with Crippen LogP contribution in [0.5, 0.6) is 0 Å². The Kier molecular flexibility index (Phi) is 4.03. The van der Waals surface area contributed by atoms with Gasteiger partial charge in [-0.2, -0.15) is 0 Å². The fourth-order valence-electron chi connectivity index (χ4n) is 3.52. The van der Waals surface area contributed by atoms with Crippen LogP contribution in [0.1, 0.15) is 36.7 Å². The quantitative estimate of drug-likeness (QED) is 0.794. The molecule has 1 N–H and O–H groups in total. The first-order valence-electron chi connectivity index (χ1n) is 8.59. The monoisotopic (exact) mass is 319 g/mol. The van der Waals surface area contributed by atoms with Crippen molar-refractivity contribution in [3.05, 3.63) is 66.0 Å². The predicted molar refractivity (Wildman–Crippen MR) is 94.5 cm³/mol. The molecule has 1 aromatic heterocycles. The highest BCUT2D eigenvalue weighted by molar-refractivity contribution is 5.78. The number of likely N-dealkylation sites (tertiary alicyclic amines) is 1. The Morgan fingerprint density at radius 1 is 1.12 bits per heavy atom. The van der Waals surface area contributed by atoms with E-state index in [1.807, 2.05) is 47.4 Å². The standard InChI is InChI=1S/C20H21N3O/c24-19(13-12-15-7-2-1-3-8-15)23-14-6-11-18(23)20-21-16-9-4-5-10-17(16)22-20/h1-5,7-10,18H,6,11-14H2,(H,21,22)/t18-/m0/s1. The summed E-state index contributed by atoms with van der Waals surface area (Å²) in [5, 5.41) is 0. The number of benzene rings is 2. The topological polar surface area (TPSA) is 49.0 Å². The van der Waals surface area contributed by atoms with Crippen LogP contribution in [0.15, 0.2) is 54.6 Å². The number of fused-ring (bicyclic) bond motifs is 1. The summed E-state index contributed by atoms with van der Waals surface area (Å²) in [5.74, 6) is 1.14. The largest absolute Gasteiger partial charge is 0.340 e. The second kappa shape index (κ2) is 6.48. The predicted octanol–water partition coefficient (Wildman–Crippen LogP) is 3.86. The molecule has 1 fully saturated rings. The molecule has 122 valence electrons. The maximum atomic E-state index is 12.7. The third-order valence-corrected chi connectivity index (χ3v) is 4.77. The Labute approximate surface area is 141 Å². The molecule has 1 amide bonds. The molecule has 2 aromatic carbocycles. The number of imidazole rings is 1. The lowest BCUT2D eigenvalue weighted by atomic mass is 10.1. The number of aromatic amines is 1. The Hall–Kier alpha value is -2.62. The third kappa shape index (κ3) is 2.92. The maximum Gasteiger partial charge on any atom is 0.223 e. The third-order valence-electron chi connectivity index (χ3n) is 4.77. The number of para-hydroxylation sites is 2. The SMILES string of the molecule is O=C(CCc1ccccc1)N1CCC[C@H]1c1nc2ccccc2[nH]1. The molecule has 3 aromatic rings. The Balaban J connectivity index is 1.48. The molecule has 4 heteroatoms. The van der Waals surface area contributed by atoms with Gasteiger partial charge in [0.05, 0.1) is 17.1 Å². The van der Waals surface area contributed by atoms with Gasteiger partial charge in [-0.05, 0) is 37.0 Å². The van der Waals surface area contributed by atoms with Crippen LogP contribution in [0.25, 0.3) is 11.0 Å². The van der Waals surface area contributed by atoms with Crippen molar-refractivity contribution < 1.29 is 4.79 Å². The van der Waals surface area contributed by atoms with E-state index < -0.39 is 0 Å². The number of hydrogen-bond acceptors (Lipinski definition) is 2. The van der Waals surface area contributed by atoms with Crippen molar-refractivity contribution in [3.8, 4) is 0 Å². The lowest BCUT2D eigenvalue weighted by molar-refractivity contribution is -0.132. The Bertz CT molecular complexity index is 807. The molecule has 2 heterocycles. The molecule has 1 aliphatic rings. The van der Waals surface area contributed by atoms with Crippen LogP contribution < -0.4 is 0 Å². The number of aromatic nitrogens is 2. The van der Waals surface area contributed by atoms with Crippen molar-refractivity contribution >= 4 is 16.9 Å². The van der Waals surface area contributed by atoms with Crippen LogP contribution >= 0.6 is 0 Å². The summed E-state index contributed by atoms with van der Waals surface area (Å²) < 4.78 is 0. The van der Waals surface area contributed by atoms with E-state index in [4.69, 9.17) is 4.98 Å². The molecular formula is C20H21N3O. The van der Waals surface area contributed by atoms with Crippen molar-refractivity contribution in [3.63, 3.8) is 0 Å². The van der Waals surface area contributed by atoms with E-state index in [1.165, 1.54) is 5.56 Å². The maximum absolute atomic E-state index is 12.7. The molecule has 24 heavy (non-hydrogen) atoms. The summed E-state index contributed by atoms with van der Waals surface area (Å²) in [6.07, 6.45) is 3.37. The molecule has 1 saturated heterocycles. The van der Waals surface area contributed by atoms with Crippen LogP contribution in [-0.4, -0.2) is 27.3 Å². The summed E-state index contributed by atoms with van der Waals surface area (Å²) in [4.78, 5) is 22.8. The smallest absolute Gasteiger partial charge is 0.223 e. The number of nitrogens with one attached hydrogen (secondary N) is 1. The zero-order chi connectivity index (χ0) is 16.4. The van der Waals surface area contributed by atoms with E-state index >= 15 is 0 Å². The molecule has 4 nitrogen and oxygen atoms in total. The van der Waals surface area contributed by atoms with Crippen LogP contribution in [-0.2, 0) is 11.2 Å². The van der Waals surface area contributed by atoms with Gasteiger partial charge in [0.15, 0.2) is 0 Å². The van der Waals surface area contributed by atoms with Gasteiger partial charge < -0.3 is 9.88 Å². The van der Waals surface area contributed by atoms with Crippen LogP contribution in [0.4, 0.5) is 0 Å². The van der Waals surface area contributed by atoms with Crippen molar-refractivity contribution in [2.75, 3.05) is 6.54 Å². The van der Waals surface area contributed by atoms with Crippen molar-refractivity contribution in [1.29, 1.82) is 0 Å². The van der Waals surface area contributed by atoms with Crippen LogP contribution in [0, 0.1) is 0 Å². The van der Waals surface area contributed by atoms with Crippen molar-refractivity contribution in [2.45, 2.75) is 31.7 Å². The van der Waals surface area contributed by atoms with Crippen LogP contribution in [0.2, 0.25) is 0 Å². The van der Waals surface area contributed by atoms with Gasteiger partial charge in [0, 0.05) is 13.0 Å². The van der Waals surface area contributed by atoms with E-state index in [2.05, 4.69) is 17.1 Å². The van der Waals surface area contributed by atoms with E-state index in [1.54, 1.807) is 0 Å². The number of H-pyrrole nitrogens is 1. The molecule has 1 aliphatic heterocycles. The average molecular weight is 319 g/mol. The second-order valence-corrected chi connectivity index (χ2v) is 6.37. The molecule has 0 saturated carbocycles. The number of aryl methyl sites for hydroxylation is 1. The summed E-state index contributed by atoms with van der Waals surface area (Å²) in [5.41, 5.74) is 3.22. The first-order chi connectivity index (χ1) is 11.8. The van der Waals surface area contributed by atoms with Gasteiger partial charge >= 0.3 is 0 Å². The van der Waals surface area contributed by atoms with Crippen molar-refractivity contribution in [2.24, 2.45) is 0 Å². The van der Waals surface area contributed by atoms with Gasteiger partial charge in [-0.15, -0.1) is 0 Å². The first kappa shape index (κ1) is 14.9. The molecule has 4 rings (SSSR count). The molecule has 0 radical (unpaired) electrons. The lowest BCUT2D eigenvalue weighted by Gasteiger charge is -2.23. The van der Waals surface area contributed by atoms with E-state index in [9.17, 15) is 4.79 Å². The van der Waals surface area contributed by atoms with Gasteiger partial charge in [-0.1, -0.05) is 42.5 Å². The van der Waals surface area contributed by atoms with Gasteiger partial charge in [0.2, 0.25) is 5.91 Å². The highest BCUT2D eigenvalue weighted by Gasteiger charge is 2.31. The number of carbonyl (C=O) groups is 1. The molecule has 0 unspecified atom stereocenters. The number of amides is 1. The van der Waals surface area contributed by atoms with E-state index in [-0.39, 0.29) is 11.9 Å². The Morgan fingerprint density at radius 3 is 2.75 bits per heavy atom. The normalized spacial score (nSPS) is 17.5. The van der Waals surface area contributed by atoms with Gasteiger partial charge in [-0.25, -0.2) is 4.98 Å². The minimum Gasteiger partial charge on any atom is -0.340 e. The second-order valence-electron chi connectivity index (χ2n) is 6.37. The number of hydrogen-bond donors (Lipinski definition) is 1. The van der Waals surface area contributed by atoms with Gasteiger partial charge in [-0.3, -0.25) is 4.79 Å². The number of nitrogens with zero attached hydrogens (tertiary/aromatic N) is 2. The summed E-state index contributed by atoms with van der Waals surface area (Å²) >= 11 is 0. The zero-order valence-electron chi connectivity index (χ0n) is 13.6. The molecule has 0 aliphatic carbocycles. The zero-order valence-corrected chi connectivity index (χ0v) is 13.6. The number of rotatable bonds is 4. The van der Waals surface area contributed by atoms with Gasteiger partial charge in [0.1, 0.15) is 5.82 Å². The van der Waals surface area contributed by atoms with Crippen LogP contribution in [0.3, 0.4) is 0 Å². The lowest BCUT2D eigenvalue weighted by Crippen LogP contribution is -2.31. The number of carbonyl (C=O) groups excluding carboxylic acids is 1. The molecule has 1 atom stereocenters. The van der Waals surface area contributed by atoms with E-state index in [0.717, 1.165) is 42.7 Å². The Morgan fingerprint density at radius 2 is 1.92 bits per heavy atom. The summed E-state index contributed by atoms with van der Waals surface area (Å²) in [6, 6.07) is 18.3. The molecular weight excluding hydrogens is 298 g/mol. The first-order valence-corrected chi connectivity index (χ1v) is 8.59. The minimum atomic E-state index is 0.0840. The fourth-order valence-corrected chi connectivity index (χ4v) is 3.52. The van der Waals surface area contributed by atoms with Crippen molar-refractivity contribution in [1.82, 2.24) is 14.9 Å². The minimum absolute atomic E-state index is 0.0840. The summed E-state index contributed by atoms with van der Waals surface area (Å²) in [6.45, 7) is 0.829. The highest BCUT2D eigenvalue weighted by atomic mass is 16.2. The fraction of sp³-hybridized carbons (Fsp3) is 0.300. The summed E-state index contributed by atoms with van der Waals surface area (Å²) in [7, 11) is 0. The van der Waals surface area contributed by atoms with Gasteiger partial charge in [0.25, 0.3) is 0 Å².